The van der Waals surface area contributed by atoms with Crippen molar-refractivity contribution in [3.8, 4) is 0 Å². The summed E-state index contributed by atoms with van der Waals surface area (Å²) >= 11 is 0. The molecule has 2 rings (SSSR count). The van der Waals surface area contributed by atoms with Crippen molar-refractivity contribution < 1.29 is 32.6 Å². The summed E-state index contributed by atoms with van der Waals surface area (Å²) in [5.41, 5.74) is 0.235. The fraction of sp³-hybridized carbons (Fsp3) is 0.333. The number of benzene rings is 1. The number of carbonyl (C=O) groups excluding carboxylic acids is 2. The first-order valence-electron chi connectivity index (χ1n) is 6.62. The molecule has 0 N–H and O–H groups in total. The van der Waals surface area contributed by atoms with Gasteiger partial charge < -0.3 is 19.1 Å². The molecule has 1 aromatic carbocycles. The lowest BCUT2D eigenvalue weighted by Crippen LogP contribution is -2.38. The lowest BCUT2D eigenvalue weighted by Gasteiger charge is -2.31. The number of halogens is 2. The minimum atomic E-state index is -2.59. The number of hydrogen-bond acceptors (Lipinski definition) is 6. The molecule has 8 heteroatoms. The number of methoxy groups -OCH3 is 2. The SMILES string of the molecule is COC(=O)C1=C(C(=O)OC)N(c2ccc(C(F)F)cc2)COC1. The molecule has 1 aromatic rings. The largest absolute Gasteiger partial charge is 0.466 e. The number of nitrogens with zero attached hydrogens (tertiary/aromatic N) is 1. The Morgan fingerprint density at radius 3 is 2.26 bits per heavy atom. The van der Waals surface area contributed by atoms with E-state index >= 15 is 0 Å². The quantitative estimate of drug-likeness (QED) is 0.788. The second-order valence-electron chi connectivity index (χ2n) is 4.61. The van der Waals surface area contributed by atoms with Crippen LogP contribution in [0.5, 0.6) is 0 Å². The van der Waals surface area contributed by atoms with Gasteiger partial charge in [0, 0.05) is 11.3 Å². The van der Waals surface area contributed by atoms with Gasteiger partial charge in [-0.25, -0.2) is 18.4 Å². The summed E-state index contributed by atoms with van der Waals surface area (Å²) in [5, 5.41) is 0. The van der Waals surface area contributed by atoms with Crippen molar-refractivity contribution in [3.05, 3.63) is 41.1 Å². The molecular formula is C15H15F2NO5. The van der Waals surface area contributed by atoms with E-state index < -0.39 is 18.4 Å². The molecule has 0 aliphatic carbocycles. The third-order valence-electron chi connectivity index (χ3n) is 3.29. The van der Waals surface area contributed by atoms with E-state index in [4.69, 9.17) is 9.47 Å². The highest BCUT2D eigenvalue weighted by molar-refractivity contribution is 6.03. The van der Waals surface area contributed by atoms with Crippen molar-refractivity contribution in [2.24, 2.45) is 0 Å². The Labute approximate surface area is 131 Å². The second kappa shape index (κ2) is 7.19. The first-order chi connectivity index (χ1) is 11.0. The maximum absolute atomic E-state index is 12.6. The zero-order chi connectivity index (χ0) is 17.0. The van der Waals surface area contributed by atoms with Gasteiger partial charge >= 0.3 is 11.9 Å². The summed E-state index contributed by atoms with van der Waals surface area (Å²) in [6.07, 6.45) is -2.59. The Balaban J connectivity index is 2.46. The van der Waals surface area contributed by atoms with Gasteiger partial charge in [-0.1, -0.05) is 12.1 Å². The smallest absolute Gasteiger partial charge is 0.355 e. The zero-order valence-corrected chi connectivity index (χ0v) is 12.5. The zero-order valence-electron chi connectivity index (χ0n) is 12.5. The maximum atomic E-state index is 12.6. The minimum Gasteiger partial charge on any atom is -0.466 e. The topological polar surface area (TPSA) is 65.1 Å². The first-order valence-corrected chi connectivity index (χ1v) is 6.62. The van der Waals surface area contributed by atoms with Crippen molar-refractivity contribution in [1.29, 1.82) is 0 Å². The van der Waals surface area contributed by atoms with Gasteiger partial charge in [0.25, 0.3) is 6.43 Å². The summed E-state index contributed by atoms with van der Waals surface area (Å²) in [4.78, 5) is 25.2. The second-order valence-corrected chi connectivity index (χ2v) is 4.61. The van der Waals surface area contributed by atoms with E-state index in [0.29, 0.717) is 5.69 Å². The molecule has 0 aromatic heterocycles. The molecular weight excluding hydrogens is 312 g/mol. The van der Waals surface area contributed by atoms with Gasteiger partial charge in [0.2, 0.25) is 0 Å². The van der Waals surface area contributed by atoms with E-state index in [-0.39, 0.29) is 30.2 Å². The Morgan fingerprint density at radius 2 is 1.74 bits per heavy atom. The van der Waals surface area contributed by atoms with Crippen molar-refractivity contribution >= 4 is 17.6 Å². The number of alkyl halides is 2. The molecule has 23 heavy (non-hydrogen) atoms. The van der Waals surface area contributed by atoms with Crippen LogP contribution in [-0.2, 0) is 23.8 Å². The van der Waals surface area contributed by atoms with Gasteiger partial charge in [-0.3, -0.25) is 0 Å². The number of anilines is 1. The normalized spacial score (nSPS) is 14.9. The van der Waals surface area contributed by atoms with E-state index in [2.05, 4.69) is 4.74 Å². The van der Waals surface area contributed by atoms with Crippen LogP contribution in [0.4, 0.5) is 14.5 Å². The average molecular weight is 327 g/mol. The van der Waals surface area contributed by atoms with Gasteiger partial charge in [-0.2, -0.15) is 0 Å². The number of hydrogen-bond donors (Lipinski definition) is 0. The molecule has 0 spiro atoms. The van der Waals surface area contributed by atoms with Gasteiger partial charge in [0.05, 0.1) is 26.4 Å². The van der Waals surface area contributed by atoms with E-state index in [0.717, 1.165) is 0 Å². The Kier molecular flexibility index (Phi) is 5.28. The van der Waals surface area contributed by atoms with Crippen LogP contribution in [0.25, 0.3) is 0 Å². The van der Waals surface area contributed by atoms with Crippen LogP contribution in [0.15, 0.2) is 35.5 Å². The maximum Gasteiger partial charge on any atom is 0.355 e. The summed E-state index contributed by atoms with van der Waals surface area (Å²) < 4.78 is 39.9. The van der Waals surface area contributed by atoms with Gasteiger partial charge in [-0.15, -0.1) is 0 Å². The fourth-order valence-electron chi connectivity index (χ4n) is 2.15. The molecule has 0 radical (unpaired) electrons. The van der Waals surface area contributed by atoms with Crippen LogP contribution >= 0.6 is 0 Å². The van der Waals surface area contributed by atoms with Crippen LogP contribution in [0, 0.1) is 0 Å². The lowest BCUT2D eigenvalue weighted by atomic mass is 10.1. The average Bonchev–Trinajstić information content (AvgIpc) is 2.59. The first kappa shape index (κ1) is 16.9. The fourth-order valence-corrected chi connectivity index (χ4v) is 2.15. The number of rotatable bonds is 4. The molecule has 6 nitrogen and oxygen atoms in total. The molecule has 124 valence electrons. The van der Waals surface area contributed by atoms with Gasteiger partial charge in [-0.05, 0) is 12.1 Å². The Morgan fingerprint density at radius 1 is 1.13 bits per heavy atom. The predicted octanol–water partition coefficient (Wildman–Crippen LogP) is 2.02. The Hall–Kier alpha value is -2.48. The molecule has 0 bridgehead atoms. The van der Waals surface area contributed by atoms with Crippen LogP contribution in [0.1, 0.15) is 12.0 Å². The van der Waals surface area contributed by atoms with Crippen LogP contribution in [0.3, 0.4) is 0 Å². The van der Waals surface area contributed by atoms with Crippen molar-refractivity contribution in [1.82, 2.24) is 0 Å². The van der Waals surface area contributed by atoms with E-state index in [1.807, 2.05) is 0 Å². The third kappa shape index (κ3) is 3.48. The number of carbonyl (C=O) groups is 2. The number of ether oxygens (including phenoxy) is 3. The van der Waals surface area contributed by atoms with E-state index in [1.54, 1.807) is 0 Å². The standard InChI is InChI=1S/C15H15F2NO5/c1-21-14(19)11-7-23-8-18(12(11)15(20)22-2)10-5-3-9(4-6-10)13(16)17/h3-6,13H,7-8H2,1-2H3. The monoisotopic (exact) mass is 327 g/mol. The highest BCUT2D eigenvalue weighted by Gasteiger charge is 2.32. The highest BCUT2D eigenvalue weighted by Crippen LogP contribution is 2.28. The molecule has 1 aliphatic heterocycles. The lowest BCUT2D eigenvalue weighted by molar-refractivity contribution is -0.140. The van der Waals surface area contributed by atoms with Crippen molar-refractivity contribution in [3.63, 3.8) is 0 Å². The predicted molar refractivity (Wildman–Crippen MR) is 75.8 cm³/mol. The molecule has 0 amide bonds. The number of esters is 2. The molecule has 0 unspecified atom stereocenters. The van der Waals surface area contributed by atoms with E-state index in [1.165, 1.54) is 43.4 Å². The Bertz CT molecular complexity index is 627. The summed E-state index contributed by atoms with van der Waals surface area (Å²) in [5.74, 6) is -1.47. The summed E-state index contributed by atoms with van der Waals surface area (Å²) in [6.45, 7) is -0.137. The summed E-state index contributed by atoms with van der Waals surface area (Å²) in [6, 6.07) is 5.30. The minimum absolute atomic E-state index is 0.00327. The van der Waals surface area contributed by atoms with Gasteiger partial charge in [0.1, 0.15) is 12.4 Å². The molecule has 0 saturated heterocycles. The van der Waals surface area contributed by atoms with Crippen molar-refractivity contribution in [2.75, 3.05) is 32.5 Å². The van der Waals surface area contributed by atoms with Crippen molar-refractivity contribution in [2.45, 2.75) is 6.43 Å². The molecule has 0 saturated carbocycles. The van der Waals surface area contributed by atoms with Gasteiger partial charge in [0.15, 0.2) is 0 Å². The van der Waals surface area contributed by atoms with Crippen LogP contribution < -0.4 is 4.90 Å². The van der Waals surface area contributed by atoms with E-state index in [9.17, 15) is 18.4 Å². The molecule has 0 atom stereocenters. The van der Waals surface area contributed by atoms with Crippen LogP contribution in [0.2, 0.25) is 0 Å². The molecule has 0 fully saturated rings. The van der Waals surface area contributed by atoms with Crippen LogP contribution in [-0.4, -0.2) is 39.5 Å². The molecule has 1 heterocycles. The third-order valence-corrected chi connectivity index (χ3v) is 3.29. The molecule has 1 aliphatic rings. The highest BCUT2D eigenvalue weighted by atomic mass is 19.3. The summed E-state index contributed by atoms with van der Waals surface area (Å²) in [7, 11) is 2.36.